The van der Waals surface area contributed by atoms with Gasteiger partial charge < -0.3 is 9.64 Å². The number of likely N-dealkylation sites (N-methyl/N-ethyl adjacent to an activating group) is 1. The van der Waals surface area contributed by atoms with Crippen molar-refractivity contribution >= 4 is 5.97 Å². The predicted molar refractivity (Wildman–Crippen MR) is 81.8 cm³/mol. The first kappa shape index (κ1) is 15.2. The van der Waals surface area contributed by atoms with Crippen LogP contribution in [-0.4, -0.2) is 36.6 Å². The van der Waals surface area contributed by atoms with Crippen LogP contribution in [-0.2, 0) is 16.1 Å². The Balaban J connectivity index is 2.07. The van der Waals surface area contributed by atoms with Crippen molar-refractivity contribution in [2.45, 2.75) is 12.5 Å². The van der Waals surface area contributed by atoms with E-state index in [-0.39, 0.29) is 11.9 Å². The molecule has 0 amide bonds. The Bertz CT molecular complexity index is 558. The third kappa shape index (κ3) is 4.39. The number of pyridine rings is 1. The molecule has 0 aliphatic heterocycles. The summed E-state index contributed by atoms with van der Waals surface area (Å²) in [6.07, 6.45) is 3.59. The number of ether oxygens (including phenoxy) is 1. The van der Waals surface area contributed by atoms with Gasteiger partial charge in [-0.05, 0) is 24.2 Å². The Labute approximate surface area is 125 Å². The number of rotatable bonds is 6. The van der Waals surface area contributed by atoms with E-state index in [1.807, 2.05) is 55.7 Å². The molecule has 1 aromatic heterocycles. The average Bonchev–Trinajstić information content (AvgIpc) is 2.53. The zero-order chi connectivity index (χ0) is 15.1. The smallest absolute Gasteiger partial charge is 0.314 e. The molecule has 2 aromatic rings. The van der Waals surface area contributed by atoms with E-state index in [0.29, 0.717) is 6.54 Å². The molecule has 1 unspecified atom stereocenters. The highest BCUT2D eigenvalue weighted by Crippen LogP contribution is 2.19. The standard InChI is InChI=1S/C17H20N2O2/c1-19(12-14-7-6-10-18-11-14)13-16(17(20)21-2)15-8-4-3-5-9-15/h3-11,16H,12-13H2,1-2H3. The van der Waals surface area contributed by atoms with Crippen molar-refractivity contribution in [3.05, 3.63) is 66.0 Å². The van der Waals surface area contributed by atoms with Crippen LogP contribution < -0.4 is 0 Å². The number of carbonyl (C=O) groups is 1. The van der Waals surface area contributed by atoms with Gasteiger partial charge in [0.1, 0.15) is 0 Å². The van der Waals surface area contributed by atoms with Gasteiger partial charge >= 0.3 is 5.97 Å². The molecular weight excluding hydrogens is 264 g/mol. The molecule has 2 rings (SSSR count). The van der Waals surface area contributed by atoms with Crippen LogP contribution >= 0.6 is 0 Å². The molecule has 0 aliphatic carbocycles. The Hall–Kier alpha value is -2.20. The van der Waals surface area contributed by atoms with Crippen LogP contribution in [0.5, 0.6) is 0 Å². The zero-order valence-corrected chi connectivity index (χ0v) is 12.4. The Morgan fingerprint density at radius 1 is 1.24 bits per heavy atom. The second-order valence-corrected chi connectivity index (χ2v) is 5.04. The zero-order valence-electron chi connectivity index (χ0n) is 12.4. The van der Waals surface area contributed by atoms with Gasteiger partial charge in [0.2, 0.25) is 0 Å². The molecule has 0 saturated heterocycles. The van der Waals surface area contributed by atoms with E-state index in [9.17, 15) is 4.79 Å². The summed E-state index contributed by atoms with van der Waals surface area (Å²) in [5.74, 6) is -0.489. The maximum Gasteiger partial charge on any atom is 0.314 e. The fraction of sp³-hybridized carbons (Fsp3) is 0.294. The summed E-state index contributed by atoms with van der Waals surface area (Å²) in [6.45, 7) is 1.35. The summed E-state index contributed by atoms with van der Waals surface area (Å²) < 4.78 is 4.94. The molecule has 1 atom stereocenters. The predicted octanol–water partition coefficient (Wildman–Crippen LogP) is 2.47. The minimum Gasteiger partial charge on any atom is -0.469 e. The van der Waals surface area contributed by atoms with Gasteiger partial charge in [0.25, 0.3) is 0 Å². The highest BCUT2D eigenvalue weighted by Gasteiger charge is 2.22. The van der Waals surface area contributed by atoms with E-state index in [1.165, 1.54) is 7.11 Å². The summed E-state index contributed by atoms with van der Waals surface area (Å²) >= 11 is 0. The van der Waals surface area contributed by atoms with Crippen LogP contribution in [0.4, 0.5) is 0 Å². The molecule has 21 heavy (non-hydrogen) atoms. The molecule has 0 fully saturated rings. The van der Waals surface area contributed by atoms with Crippen LogP contribution in [0.2, 0.25) is 0 Å². The molecule has 1 heterocycles. The van der Waals surface area contributed by atoms with Crippen LogP contribution in [0.15, 0.2) is 54.9 Å². The first-order chi connectivity index (χ1) is 10.2. The van der Waals surface area contributed by atoms with Gasteiger partial charge in [-0.25, -0.2) is 0 Å². The number of nitrogens with zero attached hydrogens (tertiary/aromatic N) is 2. The van der Waals surface area contributed by atoms with E-state index >= 15 is 0 Å². The summed E-state index contributed by atoms with van der Waals surface area (Å²) in [4.78, 5) is 18.2. The molecule has 0 aliphatic rings. The molecule has 0 spiro atoms. The summed E-state index contributed by atoms with van der Waals surface area (Å²) in [6, 6.07) is 13.7. The number of carbonyl (C=O) groups excluding carboxylic acids is 1. The van der Waals surface area contributed by atoms with E-state index in [1.54, 1.807) is 6.20 Å². The van der Waals surface area contributed by atoms with Crippen molar-refractivity contribution in [2.24, 2.45) is 0 Å². The Kier molecular flexibility index (Phi) is 5.46. The summed E-state index contributed by atoms with van der Waals surface area (Å²) in [5, 5.41) is 0. The number of methoxy groups -OCH3 is 1. The maximum atomic E-state index is 12.0. The van der Waals surface area contributed by atoms with Gasteiger partial charge in [0.05, 0.1) is 13.0 Å². The molecular formula is C17H20N2O2. The lowest BCUT2D eigenvalue weighted by Crippen LogP contribution is -2.29. The normalized spacial score (nSPS) is 12.1. The molecule has 4 nitrogen and oxygen atoms in total. The van der Waals surface area contributed by atoms with Crippen molar-refractivity contribution in [3.8, 4) is 0 Å². The molecule has 0 saturated carbocycles. The first-order valence-corrected chi connectivity index (χ1v) is 6.91. The van der Waals surface area contributed by atoms with Gasteiger partial charge in [-0.2, -0.15) is 0 Å². The van der Waals surface area contributed by atoms with Gasteiger partial charge in [-0.1, -0.05) is 36.4 Å². The summed E-state index contributed by atoms with van der Waals surface area (Å²) in [7, 11) is 3.42. The quantitative estimate of drug-likeness (QED) is 0.764. The third-order valence-corrected chi connectivity index (χ3v) is 3.36. The van der Waals surface area contributed by atoms with Crippen molar-refractivity contribution in [1.29, 1.82) is 0 Å². The van der Waals surface area contributed by atoms with Crippen LogP contribution in [0.3, 0.4) is 0 Å². The highest BCUT2D eigenvalue weighted by molar-refractivity contribution is 5.78. The number of aromatic nitrogens is 1. The van der Waals surface area contributed by atoms with Crippen LogP contribution in [0.25, 0.3) is 0 Å². The van der Waals surface area contributed by atoms with Gasteiger partial charge in [0, 0.05) is 25.5 Å². The minimum absolute atomic E-state index is 0.209. The van der Waals surface area contributed by atoms with Gasteiger partial charge in [-0.15, -0.1) is 0 Å². The minimum atomic E-state index is -0.280. The average molecular weight is 284 g/mol. The second kappa shape index (κ2) is 7.55. The largest absolute Gasteiger partial charge is 0.469 e. The fourth-order valence-corrected chi connectivity index (χ4v) is 2.32. The van der Waals surface area contributed by atoms with Gasteiger partial charge in [-0.3, -0.25) is 9.78 Å². The number of esters is 1. The molecule has 0 radical (unpaired) electrons. The SMILES string of the molecule is COC(=O)C(CN(C)Cc1cccnc1)c1ccccc1. The van der Waals surface area contributed by atoms with E-state index in [2.05, 4.69) is 9.88 Å². The molecule has 0 bridgehead atoms. The van der Waals surface area contributed by atoms with Crippen molar-refractivity contribution in [1.82, 2.24) is 9.88 Å². The maximum absolute atomic E-state index is 12.0. The van der Waals surface area contributed by atoms with E-state index < -0.39 is 0 Å². The lowest BCUT2D eigenvalue weighted by molar-refractivity contribution is -0.142. The van der Waals surface area contributed by atoms with Gasteiger partial charge in [0.15, 0.2) is 0 Å². The molecule has 4 heteroatoms. The van der Waals surface area contributed by atoms with Crippen molar-refractivity contribution < 1.29 is 9.53 Å². The highest BCUT2D eigenvalue weighted by atomic mass is 16.5. The fourth-order valence-electron chi connectivity index (χ4n) is 2.32. The van der Waals surface area contributed by atoms with Crippen LogP contribution in [0.1, 0.15) is 17.0 Å². The van der Waals surface area contributed by atoms with Crippen LogP contribution in [0, 0.1) is 0 Å². The molecule has 0 N–H and O–H groups in total. The van der Waals surface area contributed by atoms with E-state index in [4.69, 9.17) is 4.74 Å². The van der Waals surface area contributed by atoms with Crippen molar-refractivity contribution in [2.75, 3.05) is 20.7 Å². The summed E-state index contributed by atoms with van der Waals surface area (Å²) in [5.41, 5.74) is 2.10. The monoisotopic (exact) mass is 284 g/mol. The second-order valence-electron chi connectivity index (χ2n) is 5.04. The Morgan fingerprint density at radius 2 is 2.00 bits per heavy atom. The topological polar surface area (TPSA) is 42.4 Å². The van der Waals surface area contributed by atoms with Crippen molar-refractivity contribution in [3.63, 3.8) is 0 Å². The molecule has 1 aromatic carbocycles. The number of benzene rings is 1. The lowest BCUT2D eigenvalue weighted by Gasteiger charge is -2.22. The van der Waals surface area contributed by atoms with E-state index in [0.717, 1.165) is 17.7 Å². The number of hydrogen-bond acceptors (Lipinski definition) is 4. The number of hydrogen-bond donors (Lipinski definition) is 0. The Morgan fingerprint density at radius 3 is 2.62 bits per heavy atom. The first-order valence-electron chi connectivity index (χ1n) is 6.91. The third-order valence-electron chi connectivity index (χ3n) is 3.36. The molecule has 110 valence electrons. The lowest BCUT2D eigenvalue weighted by atomic mass is 9.98.